The summed E-state index contributed by atoms with van der Waals surface area (Å²) in [4.78, 5) is 16.6. The number of pyridine rings is 1. The van der Waals surface area contributed by atoms with Gasteiger partial charge in [-0.15, -0.1) is 10.2 Å². The first-order valence-electron chi connectivity index (χ1n) is 9.63. The molecule has 4 aromatic rings. The Labute approximate surface area is 183 Å². The highest BCUT2D eigenvalue weighted by molar-refractivity contribution is 7.18. The second-order valence-electron chi connectivity index (χ2n) is 6.55. The number of hydrogen-bond donors (Lipinski definition) is 1. The summed E-state index contributed by atoms with van der Waals surface area (Å²) in [7, 11) is 1.55. The lowest BCUT2D eigenvalue weighted by atomic mass is 10.1. The predicted octanol–water partition coefficient (Wildman–Crippen LogP) is 4.48. The minimum absolute atomic E-state index is 0.299. The van der Waals surface area contributed by atoms with Crippen molar-refractivity contribution in [2.24, 2.45) is 0 Å². The average molecular weight is 433 g/mol. The van der Waals surface area contributed by atoms with Crippen molar-refractivity contribution in [1.29, 1.82) is 0 Å². The Balaban J connectivity index is 1.40. The number of rotatable bonds is 8. The molecule has 0 aliphatic rings. The second-order valence-corrected chi connectivity index (χ2v) is 7.53. The normalized spacial score (nSPS) is 10.5. The maximum atomic E-state index is 12.7. The van der Waals surface area contributed by atoms with Gasteiger partial charge in [-0.25, -0.2) is 0 Å². The molecule has 0 radical (unpaired) electrons. The number of carbonyl (C=O) groups excluding carboxylic acids is 1. The van der Waals surface area contributed by atoms with E-state index in [2.05, 4.69) is 32.6 Å². The molecule has 2 aromatic heterocycles. The van der Waals surface area contributed by atoms with Crippen molar-refractivity contribution in [2.45, 2.75) is 6.42 Å². The summed E-state index contributed by atoms with van der Waals surface area (Å²) >= 11 is 1.29. The molecule has 1 N–H and O–H groups in total. The minimum Gasteiger partial charge on any atom is -0.493 e. The zero-order chi connectivity index (χ0) is 21.5. The molecule has 0 unspecified atom stereocenters. The van der Waals surface area contributed by atoms with E-state index in [4.69, 9.17) is 9.47 Å². The number of amides is 1. The van der Waals surface area contributed by atoms with Gasteiger partial charge in [-0.3, -0.25) is 15.1 Å². The van der Waals surface area contributed by atoms with Gasteiger partial charge >= 0.3 is 0 Å². The van der Waals surface area contributed by atoms with Crippen molar-refractivity contribution in [3.05, 3.63) is 84.2 Å². The van der Waals surface area contributed by atoms with Crippen LogP contribution in [0.25, 0.3) is 10.6 Å². The van der Waals surface area contributed by atoms with Crippen molar-refractivity contribution in [3.8, 4) is 22.1 Å². The summed E-state index contributed by atoms with van der Waals surface area (Å²) in [5.41, 5.74) is 2.53. The molecule has 31 heavy (non-hydrogen) atoms. The third-order valence-corrected chi connectivity index (χ3v) is 5.38. The van der Waals surface area contributed by atoms with Gasteiger partial charge in [-0.1, -0.05) is 41.7 Å². The molecule has 0 saturated heterocycles. The summed E-state index contributed by atoms with van der Waals surface area (Å²) in [6, 6.07) is 18.9. The fourth-order valence-electron chi connectivity index (χ4n) is 2.91. The van der Waals surface area contributed by atoms with E-state index >= 15 is 0 Å². The molecule has 7 nitrogen and oxygen atoms in total. The number of carbonyl (C=O) groups is 1. The number of ether oxygens (including phenoxy) is 2. The second kappa shape index (κ2) is 9.82. The Morgan fingerprint density at radius 2 is 1.81 bits per heavy atom. The van der Waals surface area contributed by atoms with Crippen LogP contribution in [0.15, 0.2) is 73.1 Å². The molecule has 8 heteroatoms. The number of benzene rings is 2. The minimum atomic E-state index is -0.299. The van der Waals surface area contributed by atoms with Crippen molar-refractivity contribution in [3.63, 3.8) is 0 Å². The van der Waals surface area contributed by atoms with Crippen molar-refractivity contribution < 1.29 is 14.3 Å². The lowest BCUT2D eigenvalue weighted by Crippen LogP contribution is -2.12. The van der Waals surface area contributed by atoms with Crippen LogP contribution in [0.2, 0.25) is 0 Å². The molecule has 4 rings (SSSR count). The Bertz CT molecular complexity index is 1150. The van der Waals surface area contributed by atoms with Crippen molar-refractivity contribution in [2.75, 3.05) is 19.0 Å². The smallest absolute Gasteiger partial charge is 0.257 e. The highest BCUT2D eigenvalue weighted by atomic mass is 32.1. The fourth-order valence-corrected chi connectivity index (χ4v) is 3.65. The molecule has 0 fully saturated rings. The third-order valence-electron chi connectivity index (χ3n) is 4.49. The van der Waals surface area contributed by atoms with Gasteiger partial charge in [-0.05, 0) is 35.9 Å². The van der Waals surface area contributed by atoms with Crippen molar-refractivity contribution in [1.82, 2.24) is 15.2 Å². The Morgan fingerprint density at radius 3 is 2.58 bits per heavy atom. The molecule has 0 bridgehead atoms. The topological polar surface area (TPSA) is 86.2 Å². The molecule has 0 saturated carbocycles. The van der Waals surface area contributed by atoms with Crippen LogP contribution in [0.5, 0.6) is 11.5 Å². The van der Waals surface area contributed by atoms with Gasteiger partial charge in [-0.2, -0.15) is 0 Å². The predicted molar refractivity (Wildman–Crippen MR) is 120 cm³/mol. The quantitative estimate of drug-likeness (QED) is 0.442. The van der Waals surface area contributed by atoms with Gasteiger partial charge in [0.15, 0.2) is 11.5 Å². The standard InChI is InChI=1S/C23H20N4O3S/c1-29-20-15-18(7-8-19(20)30-14-11-16-5-3-2-4-6-16)21(28)25-23-27-26-22(31-23)17-9-12-24-13-10-17/h2-10,12-13,15H,11,14H2,1H3,(H,25,27,28). The SMILES string of the molecule is COc1cc(C(=O)Nc2nnc(-c3ccncc3)s2)ccc1OCCc1ccccc1. The van der Waals surface area contributed by atoms with Crippen LogP contribution in [0, 0.1) is 0 Å². The Hall–Kier alpha value is -3.78. The number of anilines is 1. The molecule has 156 valence electrons. The maximum Gasteiger partial charge on any atom is 0.257 e. The van der Waals surface area contributed by atoms with Gasteiger partial charge in [0.2, 0.25) is 5.13 Å². The zero-order valence-electron chi connectivity index (χ0n) is 16.8. The molecule has 2 aromatic carbocycles. The van der Waals surface area contributed by atoms with Crippen LogP contribution in [-0.2, 0) is 6.42 Å². The summed E-state index contributed by atoms with van der Waals surface area (Å²) < 4.78 is 11.3. The number of aromatic nitrogens is 3. The summed E-state index contributed by atoms with van der Waals surface area (Å²) in [6.07, 6.45) is 4.15. The fraction of sp³-hybridized carbons (Fsp3) is 0.130. The highest BCUT2D eigenvalue weighted by Gasteiger charge is 2.14. The third kappa shape index (κ3) is 5.23. The maximum absolute atomic E-state index is 12.7. The lowest BCUT2D eigenvalue weighted by Gasteiger charge is -2.12. The van der Waals surface area contributed by atoms with Crippen LogP contribution < -0.4 is 14.8 Å². The van der Waals surface area contributed by atoms with E-state index in [0.29, 0.717) is 33.8 Å². The zero-order valence-corrected chi connectivity index (χ0v) is 17.6. The van der Waals surface area contributed by atoms with Crippen LogP contribution >= 0.6 is 11.3 Å². The molecule has 0 aliphatic carbocycles. The van der Waals surface area contributed by atoms with E-state index < -0.39 is 0 Å². The summed E-state index contributed by atoms with van der Waals surface area (Å²) in [5, 5.41) is 12.1. The number of methoxy groups -OCH3 is 1. The van der Waals surface area contributed by atoms with E-state index in [1.54, 1.807) is 37.7 Å². The van der Waals surface area contributed by atoms with Gasteiger partial charge in [0.05, 0.1) is 13.7 Å². The van der Waals surface area contributed by atoms with E-state index in [9.17, 15) is 4.79 Å². The van der Waals surface area contributed by atoms with Crippen LogP contribution in [0.4, 0.5) is 5.13 Å². The van der Waals surface area contributed by atoms with E-state index in [1.165, 1.54) is 16.9 Å². The molecule has 0 aliphatic heterocycles. The summed E-state index contributed by atoms with van der Waals surface area (Å²) in [6.45, 7) is 0.508. The number of nitrogens with one attached hydrogen (secondary N) is 1. The van der Waals surface area contributed by atoms with E-state index in [1.807, 2.05) is 30.3 Å². The molecule has 2 heterocycles. The lowest BCUT2D eigenvalue weighted by molar-refractivity contribution is 0.102. The van der Waals surface area contributed by atoms with Gasteiger partial charge in [0, 0.05) is 29.9 Å². The average Bonchev–Trinajstić information content (AvgIpc) is 3.29. The van der Waals surface area contributed by atoms with E-state index in [-0.39, 0.29) is 5.91 Å². The van der Waals surface area contributed by atoms with E-state index in [0.717, 1.165) is 12.0 Å². The highest BCUT2D eigenvalue weighted by Crippen LogP contribution is 2.30. The summed E-state index contributed by atoms with van der Waals surface area (Å²) in [5.74, 6) is 0.785. The first kappa shape index (κ1) is 20.5. The van der Waals surface area contributed by atoms with Gasteiger partial charge in [0.1, 0.15) is 5.01 Å². The Kier molecular flexibility index (Phi) is 6.49. The molecule has 0 spiro atoms. The number of hydrogen-bond acceptors (Lipinski definition) is 7. The number of nitrogens with zero attached hydrogens (tertiary/aromatic N) is 3. The van der Waals surface area contributed by atoms with Gasteiger partial charge in [0.25, 0.3) is 5.91 Å². The molecular weight excluding hydrogens is 412 g/mol. The van der Waals surface area contributed by atoms with Crippen LogP contribution in [0.3, 0.4) is 0 Å². The van der Waals surface area contributed by atoms with Crippen LogP contribution in [-0.4, -0.2) is 34.8 Å². The first-order chi connectivity index (χ1) is 15.2. The van der Waals surface area contributed by atoms with Crippen molar-refractivity contribution >= 4 is 22.4 Å². The van der Waals surface area contributed by atoms with Crippen LogP contribution in [0.1, 0.15) is 15.9 Å². The van der Waals surface area contributed by atoms with Gasteiger partial charge < -0.3 is 9.47 Å². The molecular formula is C23H20N4O3S. The largest absolute Gasteiger partial charge is 0.493 e. The molecule has 0 atom stereocenters. The molecule has 1 amide bonds. The first-order valence-corrected chi connectivity index (χ1v) is 10.4. The Morgan fingerprint density at radius 1 is 1.00 bits per heavy atom. The monoisotopic (exact) mass is 432 g/mol.